The number of aryl methyl sites for hydroxylation is 1. The molecule has 0 fully saturated rings. The zero-order valence-electron chi connectivity index (χ0n) is 9.44. The van der Waals surface area contributed by atoms with Crippen LogP contribution >= 0.6 is 11.6 Å². The molecule has 0 spiro atoms. The zero-order valence-corrected chi connectivity index (χ0v) is 10.2. The minimum absolute atomic E-state index is 0.169. The number of rotatable bonds is 3. The van der Waals surface area contributed by atoms with Crippen molar-refractivity contribution in [3.8, 4) is 5.75 Å². The molecule has 1 aromatic heterocycles. The van der Waals surface area contributed by atoms with E-state index in [4.69, 9.17) is 16.7 Å². The van der Waals surface area contributed by atoms with Crippen molar-refractivity contribution >= 4 is 17.3 Å². The SMILES string of the molecule is Cc1ccc(Cl)c(NCc2ccc(O)cn2)c1. The first-order valence-corrected chi connectivity index (χ1v) is 5.67. The fourth-order valence-corrected chi connectivity index (χ4v) is 1.67. The van der Waals surface area contributed by atoms with E-state index in [0.29, 0.717) is 11.6 Å². The summed E-state index contributed by atoms with van der Waals surface area (Å²) < 4.78 is 0. The molecule has 17 heavy (non-hydrogen) atoms. The molecule has 2 rings (SSSR count). The molecule has 88 valence electrons. The average molecular weight is 249 g/mol. The van der Waals surface area contributed by atoms with Gasteiger partial charge in [-0.25, -0.2) is 0 Å². The lowest BCUT2D eigenvalue weighted by molar-refractivity contribution is 0.472. The summed E-state index contributed by atoms with van der Waals surface area (Å²) >= 11 is 6.06. The van der Waals surface area contributed by atoms with Gasteiger partial charge in [-0.1, -0.05) is 17.7 Å². The predicted octanol–water partition coefficient (Wildman–Crippen LogP) is 3.36. The van der Waals surface area contributed by atoms with Crippen molar-refractivity contribution < 1.29 is 5.11 Å². The van der Waals surface area contributed by atoms with Gasteiger partial charge in [0, 0.05) is 0 Å². The Kier molecular flexibility index (Phi) is 3.49. The van der Waals surface area contributed by atoms with E-state index in [0.717, 1.165) is 16.9 Å². The van der Waals surface area contributed by atoms with Crippen molar-refractivity contribution in [2.75, 3.05) is 5.32 Å². The van der Waals surface area contributed by atoms with Gasteiger partial charge >= 0.3 is 0 Å². The second-order valence-electron chi connectivity index (χ2n) is 3.84. The number of halogens is 1. The molecule has 1 aromatic carbocycles. The highest BCUT2D eigenvalue weighted by atomic mass is 35.5. The molecule has 0 saturated carbocycles. The summed E-state index contributed by atoms with van der Waals surface area (Å²) in [5, 5.41) is 13.0. The van der Waals surface area contributed by atoms with Gasteiger partial charge in [0.15, 0.2) is 0 Å². The Labute approximate surface area is 105 Å². The van der Waals surface area contributed by atoms with Crippen molar-refractivity contribution in [1.29, 1.82) is 0 Å². The topological polar surface area (TPSA) is 45.1 Å². The maximum atomic E-state index is 9.12. The summed E-state index contributed by atoms with van der Waals surface area (Å²) in [6, 6.07) is 9.20. The largest absolute Gasteiger partial charge is 0.506 e. The summed E-state index contributed by atoms with van der Waals surface area (Å²) in [4.78, 5) is 4.09. The van der Waals surface area contributed by atoms with Crippen LogP contribution in [0, 0.1) is 6.92 Å². The number of aromatic nitrogens is 1. The zero-order chi connectivity index (χ0) is 12.3. The number of hydrogen-bond donors (Lipinski definition) is 2. The van der Waals surface area contributed by atoms with Gasteiger partial charge in [0.05, 0.1) is 29.1 Å². The van der Waals surface area contributed by atoms with Crippen LogP contribution in [-0.2, 0) is 6.54 Å². The number of anilines is 1. The Morgan fingerprint density at radius 1 is 1.29 bits per heavy atom. The minimum Gasteiger partial charge on any atom is -0.506 e. The van der Waals surface area contributed by atoms with Gasteiger partial charge < -0.3 is 10.4 Å². The average Bonchev–Trinajstić information content (AvgIpc) is 2.32. The molecule has 0 radical (unpaired) electrons. The highest BCUT2D eigenvalue weighted by Crippen LogP contribution is 2.23. The minimum atomic E-state index is 0.169. The molecule has 0 unspecified atom stereocenters. The molecular formula is C13H13ClN2O. The Balaban J connectivity index is 2.07. The summed E-state index contributed by atoms with van der Waals surface area (Å²) in [5.41, 5.74) is 2.89. The van der Waals surface area contributed by atoms with Crippen LogP contribution in [0.4, 0.5) is 5.69 Å². The second kappa shape index (κ2) is 5.06. The molecular weight excluding hydrogens is 236 g/mol. The van der Waals surface area contributed by atoms with Crippen LogP contribution in [0.1, 0.15) is 11.3 Å². The van der Waals surface area contributed by atoms with E-state index in [1.807, 2.05) is 25.1 Å². The third-order valence-corrected chi connectivity index (χ3v) is 2.72. The van der Waals surface area contributed by atoms with Gasteiger partial charge in [-0.05, 0) is 36.8 Å². The number of aromatic hydroxyl groups is 1. The highest BCUT2D eigenvalue weighted by molar-refractivity contribution is 6.33. The molecule has 0 bridgehead atoms. The summed E-state index contributed by atoms with van der Waals surface area (Å²) in [6.45, 7) is 2.59. The van der Waals surface area contributed by atoms with E-state index in [-0.39, 0.29) is 5.75 Å². The third kappa shape index (κ3) is 3.11. The fourth-order valence-electron chi connectivity index (χ4n) is 1.48. The quantitative estimate of drug-likeness (QED) is 0.876. The van der Waals surface area contributed by atoms with Crippen LogP contribution in [0.3, 0.4) is 0 Å². The lowest BCUT2D eigenvalue weighted by Crippen LogP contribution is -2.01. The van der Waals surface area contributed by atoms with Crippen molar-refractivity contribution in [2.24, 2.45) is 0 Å². The van der Waals surface area contributed by atoms with Crippen LogP contribution in [0.15, 0.2) is 36.5 Å². The maximum Gasteiger partial charge on any atom is 0.133 e. The Morgan fingerprint density at radius 3 is 2.82 bits per heavy atom. The Hall–Kier alpha value is -1.74. The first kappa shape index (κ1) is 11.7. The van der Waals surface area contributed by atoms with Gasteiger partial charge in [-0.3, -0.25) is 4.98 Å². The van der Waals surface area contributed by atoms with Crippen LogP contribution in [0.2, 0.25) is 5.02 Å². The number of benzene rings is 1. The van der Waals surface area contributed by atoms with Crippen LogP contribution in [0.25, 0.3) is 0 Å². The van der Waals surface area contributed by atoms with Gasteiger partial charge in [0.1, 0.15) is 5.75 Å². The molecule has 3 nitrogen and oxygen atoms in total. The molecule has 0 saturated heterocycles. The summed E-state index contributed by atoms with van der Waals surface area (Å²) in [5.74, 6) is 0.169. The Bertz CT molecular complexity index is 511. The van der Waals surface area contributed by atoms with Gasteiger partial charge in [-0.2, -0.15) is 0 Å². The van der Waals surface area contributed by atoms with E-state index in [9.17, 15) is 0 Å². The summed E-state index contributed by atoms with van der Waals surface area (Å²) in [6.07, 6.45) is 1.43. The molecule has 0 amide bonds. The standard InChI is InChI=1S/C13H13ClN2O/c1-9-2-5-12(14)13(6-9)16-7-10-3-4-11(17)8-15-10/h2-6,8,16-17H,7H2,1H3. The lowest BCUT2D eigenvalue weighted by atomic mass is 10.2. The predicted molar refractivity (Wildman–Crippen MR) is 69.4 cm³/mol. The van der Waals surface area contributed by atoms with Crippen molar-refractivity contribution in [2.45, 2.75) is 13.5 Å². The van der Waals surface area contributed by atoms with Crippen molar-refractivity contribution in [3.63, 3.8) is 0 Å². The third-order valence-electron chi connectivity index (χ3n) is 2.39. The smallest absolute Gasteiger partial charge is 0.133 e. The number of nitrogens with one attached hydrogen (secondary N) is 1. The van der Waals surface area contributed by atoms with Crippen LogP contribution < -0.4 is 5.32 Å². The Morgan fingerprint density at radius 2 is 2.12 bits per heavy atom. The molecule has 2 aromatic rings. The summed E-state index contributed by atoms with van der Waals surface area (Å²) in [7, 11) is 0. The van der Waals surface area contributed by atoms with E-state index in [1.54, 1.807) is 12.1 Å². The highest BCUT2D eigenvalue weighted by Gasteiger charge is 2.01. The van der Waals surface area contributed by atoms with E-state index < -0.39 is 0 Å². The van der Waals surface area contributed by atoms with E-state index in [2.05, 4.69) is 10.3 Å². The van der Waals surface area contributed by atoms with Crippen LogP contribution in [-0.4, -0.2) is 10.1 Å². The number of pyridine rings is 1. The van der Waals surface area contributed by atoms with Gasteiger partial charge in [0.2, 0.25) is 0 Å². The van der Waals surface area contributed by atoms with Crippen LogP contribution in [0.5, 0.6) is 5.75 Å². The van der Waals surface area contributed by atoms with Crippen molar-refractivity contribution in [1.82, 2.24) is 4.98 Å². The van der Waals surface area contributed by atoms with Crippen molar-refractivity contribution in [3.05, 3.63) is 52.8 Å². The molecule has 4 heteroatoms. The molecule has 0 atom stereocenters. The monoisotopic (exact) mass is 248 g/mol. The van der Waals surface area contributed by atoms with E-state index in [1.165, 1.54) is 6.20 Å². The fraction of sp³-hybridized carbons (Fsp3) is 0.154. The lowest BCUT2D eigenvalue weighted by Gasteiger charge is -2.08. The molecule has 0 aliphatic rings. The van der Waals surface area contributed by atoms with Gasteiger partial charge in [0.25, 0.3) is 0 Å². The first-order valence-electron chi connectivity index (χ1n) is 5.29. The normalized spacial score (nSPS) is 10.2. The molecule has 0 aliphatic heterocycles. The first-order chi connectivity index (χ1) is 8.15. The molecule has 0 aliphatic carbocycles. The number of nitrogens with zero attached hydrogens (tertiary/aromatic N) is 1. The van der Waals surface area contributed by atoms with Gasteiger partial charge in [-0.15, -0.1) is 0 Å². The molecule has 2 N–H and O–H groups in total. The van der Waals surface area contributed by atoms with E-state index >= 15 is 0 Å². The molecule has 1 heterocycles. The number of hydrogen-bond acceptors (Lipinski definition) is 3. The second-order valence-corrected chi connectivity index (χ2v) is 4.25. The maximum absolute atomic E-state index is 9.12.